The van der Waals surface area contributed by atoms with Gasteiger partial charge in [-0.25, -0.2) is 9.13 Å². The van der Waals surface area contributed by atoms with Crippen molar-refractivity contribution in [3.05, 3.63) is 25.3 Å². The maximum atomic E-state index is 9.75. The Hall–Kier alpha value is -1.27. The van der Waals surface area contributed by atoms with E-state index < -0.39 is 7.25 Å². The SMILES string of the molecule is C=Cn1cc[n+](CCCCCCCCCCCCCCCCCCCCCCCC)c1.F[B-](F)(F)F. The summed E-state index contributed by atoms with van der Waals surface area (Å²) in [6.07, 6.45) is 40.0. The molecule has 0 N–H and O–H groups in total. The van der Waals surface area contributed by atoms with Crippen molar-refractivity contribution in [2.24, 2.45) is 0 Å². The Kier molecular flexibility index (Phi) is 24.5. The fraction of sp³-hybridized carbons (Fsp3) is 0.828. The lowest BCUT2D eigenvalue weighted by atomic mass is 10.0. The molecule has 0 aromatic carbocycles. The third-order valence-corrected chi connectivity index (χ3v) is 6.69. The van der Waals surface area contributed by atoms with Crippen molar-refractivity contribution in [2.45, 2.75) is 155 Å². The highest BCUT2D eigenvalue weighted by Crippen LogP contribution is 2.15. The third kappa shape index (κ3) is 29.0. The Labute approximate surface area is 220 Å². The third-order valence-electron chi connectivity index (χ3n) is 6.69. The molecule has 0 fully saturated rings. The van der Waals surface area contributed by atoms with Crippen LogP contribution in [0.1, 0.15) is 148 Å². The Balaban J connectivity index is 0.00000222. The van der Waals surface area contributed by atoms with Gasteiger partial charge < -0.3 is 17.3 Å². The number of hydrogen-bond donors (Lipinski definition) is 0. The predicted molar refractivity (Wildman–Crippen MR) is 148 cm³/mol. The van der Waals surface area contributed by atoms with Crippen molar-refractivity contribution in [3.63, 3.8) is 0 Å². The Bertz CT molecular complexity index is 584. The molecule has 0 unspecified atom stereocenters. The molecule has 0 aliphatic rings. The molecule has 0 atom stereocenters. The van der Waals surface area contributed by atoms with E-state index in [0.717, 1.165) is 6.54 Å². The van der Waals surface area contributed by atoms with E-state index in [9.17, 15) is 17.3 Å². The van der Waals surface area contributed by atoms with E-state index in [1.54, 1.807) is 0 Å². The minimum Gasteiger partial charge on any atom is -0.418 e. The van der Waals surface area contributed by atoms with Crippen LogP contribution in [0, 0.1) is 0 Å². The molecule has 0 saturated heterocycles. The summed E-state index contributed by atoms with van der Waals surface area (Å²) >= 11 is 0. The fourth-order valence-corrected chi connectivity index (χ4v) is 4.55. The molecule has 36 heavy (non-hydrogen) atoms. The molecule has 7 heteroatoms. The summed E-state index contributed by atoms with van der Waals surface area (Å²) in [5, 5.41) is 0. The summed E-state index contributed by atoms with van der Waals surface area (Å²) < 4.78 is 43.3. The van der Waals surface area contributed by atoms with Gasteiger partial charge in [0.1, 0.15) is 12.4 Å². The lowest BCUT2D eigenvalue weighted by Crippen LogP contribution is -2.30. The number of aromatic nitrogens is 2. The second-order valence-corrected chi connectivity index (χ2v) is 10.2. The number of imidazole rings is 1. The quantitative estimate of drug-likeness (QED) is 0.0557. The lowest BCUT2D eigenvalue weighted by molar-refractivity contribution is -0.696. The van der Waals surface area contributed by atoms with Crippen LogP contribution in [0.25, 0.3) is 6.20 Å². The van der Waals surface area contributed by atoms with Gasteiger partial charge in [-0.05, 0) is 12.8 Å². The molecule has 0 amide bonds. The number of nitrogens with zero attached hydrogens (tertiary/aromatic N) is 2. The second kappa shape index (κ2) is 25.4. The summed E-state index contributed by atoms with van der Waals surface area (Å²) in [5.74, 6) is 0. The molecule has 1 heterocycles. The number of aryl methyl sites for hydroxylation is 1. The van der Waals surface area contributed by atoms with Gasteiger partial charge in [-0.2, -0.15) is 0 Å². The zero-order valence-corrected chi connectivity index (χ0v) is 23.3. The molecular formula is C29H55BF4N2. The maximum Gasteiger partial charge on any atom is 0.673 e. The van der Waals surface area contributed by atoms with Crippen LogP contribution in [0.2, 0.25) is 0 Å². The molecule has 1 aromatic rings. The van der Waals surface area contributed by atoms with Gasteiger partial charge in [0.15, 0.2) is 0 Å². The van der Waals surface area contributed by atoms with Crippen LogP contribution in [0.15, 0.2) is 25.3 Å². The zero-order valence-electron chi connectivity index (χ0n) is 23.3. The van der Waals surface area contributed by atoms with Crippen molar-refractivity contribution in [3.8, 4) is 0 Å². The largest absolute Gasteiger partial charge is 0.673 e. The van der Waals surface area contributed by atoms with E-state index in [2.05, 4.69) is 36.8 Å². The summed E-state index contributed by atoms with van der Waals surface area (Å²) in [7, 11) is -6.00. The van der Waals surface area contributed by atoms with Gasteiger partial charge in [0.25, 0.3) is 0 Å². The smallest absolute Gasteiger partial charge is 0.418 e. The van der Waals surface area contributed by atoms with Gasteiger partial charge >= 0.3 is 7.25 Å². The van der Waals surface area contributed by atoms with Crippen molar-refractivity contribution in [2.75, 3.05) is 0 Å². The standard InChI is InChI=1S/C29H55N2.BF4/c1-3-5-6-7-8-9-10-11-12-13-14-15-16-17-18-19-20-21-22-23-24-25-26-31-28-27-30(4-2)29-31;2-1(3,4)5/h4,27-29H,2-3,5-26H2,1H3;/q+1;-1. The van der Waals surface area contributed by atoms with Crippen molar-refractivity contribution in [1.82, 2.24) is 4.57 Å². The van der Waals surface area contributed by atoms with Crippen LogP contribution < -0.4 is 4.57 Å². The Morgan fingerprint density at radius 3 is 1.19 bits per heavy atom. The topological polar surface area (TPSA) is 8.81 Å². The van der Waals surface area contributed by atoms with Crippen molar-refractivity contribution < 1.29 is 21.8 Å². The number of hydrogen-bond acceptors (Lipinski definition) is 0. The highest BCUT2D eigenvalue weighted by Gasteiger charge is 2.20. The molecule has 212 valence electrons. The average Bonchev–Trinajstić information content (AvgIpc) is 3.29. The fourth-order valence-electron chi connectivity index (χ4n) is 4.55. The van der Waals surface area contributed by atoms with Crippen molar-refractivity contribution in [1.29, 1.82) is 0 Å². The van der Waals surface area contributed by atoms with Gasteiger partial charge in [0.05, 0.1) is 12.7 Å². The zero-order chi connectivity index (χ0) is 26.7. The molecule has 0 aliphatic heterocycles. The Morgan fingerprint density at radius 1 is 0.611 bits per heavy atom. The average molecular weight is 519 g/mol. The predicted octanol–water partition coefficient (Wildman–Crippen LogP) is 10.8. The van der Waals surface area contributed by atoms with Crippen LogP contribution in [-0.2, 0) is 6.54 Å². The molecule has 0 saturated carbocycles. The maximum absolute atomic E-state index is 9.75. The van der Waals surface area contributed by atoms with E-state index in [0.29, 0.717) is 0 Å². The van der Waals surface area contributed by atoms with Crippen LogP contribution in [-0.4, -0.2) is 11.8 Å². The minimum atomic E-state index is -6.00. The van der Waals surface area contributed by atoms with Gasteiger partial charge in [-0.15, -0.1) is 0 Å². The van der Waals surface area contributed by atoms with Crippen molar-refractivity contribution >= 4 is 13.5 Å². The van der Waals surface area contributed by atoms with Gasteiger partial charge in [0, 0.05) is 0 Å². The number of unbranched alkanes of at least 4 members (excludes halogenated alkanes) is 21. The highest BCUT2D eigenvalue weighted by molar-refractivity contribution is 6.50. The van der Waals surface area contributed by atoms with Gasteiger partial charge in [0.2, 0.25) is 6.33 Å². The molecule has 1 rings (SSSR count). The number of rotatable bonds is 24. The van der Waals surface area contributed by atoms with E-state index in [-0.39, 0.29) is 0 Å². The van der Waals surface area contributed by atoms with Crippen LogP contribution in [0.3, 0.4) is 0 Å². The highest BCUT2D eigenvalue weighted by atomic mass is 19.5. The van der Waals surface area contributed by atoms with Gasteiger partial charge in [-0.1, -0.05) is 142 Å². The van der Waals surface area contributed by atoms with Crippen LogP contribution >= 0.6 is 0 Å². The monoisotopic (exact) mass is 518 g/mol. The molecule has 0 aliphatic carbocycles. The first-order valence-electron chi connectivity index (χ1n) is 14.9. The van der Waals surface area contributed by atoms with Gasteiger partial charge in [-0.3, -0.25) is 0 Å². The van der Waals surface area contributed by atoms with Crippen LogP contribution in [0.4, 0.5) is 17.3 Å². The lowest BCUT2D eigenvalue weighted by Gasteiger charge is -2.04. The summed E-state index contributed by atoms with van der Waals surface area (Å²) in [6, 6.07) is 0. The molecular weight excluding hydrogens is 463 g/mol. The molecule has 0 spiro atoms. The second-order valence-electron chi connectivity index (χ2n) is 10.2. The summed E-state index contributed by atoms with van der Waals surface area (Å²) in [6.45, 7) is 7.23. The van der Waals surface area contributed by atoms with E-state index >= 15 is 0 Å². The normalized spacial score (nSPS) is 11.4. The first-order chi connectivity index (χ1) is 17.4. The first kappa shape index (κ1) is 34.7. The molecule has 0 radical (unpaired) electrons. The summed E-state index contributed by atoms with van der Waals surface area (Å²) in [5.41, 5.74) is 0. The van der Waals surface area contributed by atoms with Crippen LogP contribution in [0.5, 0.6) is 0 Å². The first-order valence-corrected chi connectivity index (χ1v) is 14.9. The summed E-state index contributed by atoms with van der Waals surface area (Å²) in [4.78, 5) is 0. The van der Waals surface area contributed by atoms with E-state index in [4.69, 9.17) is 0 Å². The van der Waals surface area contributed by atoms with E-state index in [1.165, 1.54) is 141 Å². The minimum absolute atomic E-state index is 1.14. The molecule has 2 nitrogen and oxygen atoms in total. The number of halogens is 4. The van der Waals surface area contributed by atoms with E-state index in [1.807, 2.05) is 10.8 Å². The molecule has 1 aromatic heterocycles. The Morgan fingerprint density at radius 2 is 0.917 bits per heavy atom. The molecule has 0 bridgehead atoms.